The molecule has 146 valence electrons. The average molecular weight is 366 g/mol. The second-order valence-corrected chi connectivity index (χ2v) is 12.6. The summed E-state index contributed by atoms with van der Waals surface area (Å²) in [6.07, 6.45) is 25.9. The second kappa shape index (κ2) is 5.42. The zero-order chi connectivity index (χ0) is 17.6. The van der Waals surface area contributed by atoms with Crippen molar-refractivity contribution in [3.8, 4) is 0 Å². The van der Waals surface area contributed by atoms with Crippen LogP contribution in [0.1, 0.15) is 77.0 Å². The van der Waals surface area contributed by atoms with E-state index in [-0.39, 0.29) is 0 Å². The second-order valence-electron chi connectivity index (χ2n) is 12.6. The minimum atomic E-state index is 0.659. The van der Waals surface area contributed by atoms with Crippen LogP contribution in [-0.4, -0.2) is 4.57 Å². The van der Waals surface area contributed by atoms with Crippen LogP contribution in [0.3, 0.4) is 0 Å². The molecule has 0 saturated heterocycles. The van der Waals surface area contributed by atoms with Crippen molar-refractivity contribution in [3.05, 3.63) is 18.7 Å². The predicted molar refractivity (Wildman–Crippen MR) is 106 cm³/mol. The third kappa shape index (κ3) is 2.60. The van der Waals surface area contributed by atoms with Gasteiger partial charge in [0.25, 0.3) is 0 Å². The molecule has 0 aromatic carbocycles. The van der Waals surface area contributed by atoms with E-state index >= 15 is 0 Å². The van der Waals surface area contributed by atoms with Crippen LogP contribution in [0.4, 0.5) is 0 Å². The van der Waals surface area contributed by atoms with Crippen molar-refractivity contribution >= 4 is 0 Å². The van der Waals surface area contributed by atoms with E-state index in [2.05, 4.69) is 27.9 Å². The van der Waals surface area contributed by atoms with Crippen LogP contribution in [-0.2, 0) is 13.1 Å². The van der Waals surface area contributed by atoms with E-state index in [0.717, 1.165) is 35.5 Å². The van der Waals surface area contributed by atoms with Gasteiger partial charge in [0.15, 0.2) is 0 Å². The van der Waals surface area contributed by atoms with Crippen LogP contribution in [0.5, 0.6) is 0 Å². The minimum Gasteiger partial charge on any atom is -0.236 e. The molecule has 8 saturated carbocycles. The number of rotatable bonds is 4. The highest BCUT2D eigenvalue weighted by Gasteiger charge is 2.53. The molecule has 8 aliphatic carbocycles. The summed E-state index contributed by atoms with van der Waals surface area (Å²) in [5.41, 5.74) is 1.32. The smallest absolute Gasteiger partial charge is 0.236 e. The van der Waals surface area contributed by atoms with Crippen molar-refractivity contribution < 1.29 is 4.57 Å². The van der Waals surface area contributed by atoms with Crippen LogP contribution in [0.15, 0.2) is 18.7 Å². The summed E-state index contributed by atoms with van der Waals surface area (Å²) in [7, 11) is 0. The Balaban J connectivity index is 1.09. The van der Waals surface area contributed by atoms with Gasteiger partial charge in [-0.25, -0.2) is 9.13 Å². The molecule has 8 fully saturated rings. The first-order chi connectivity index (χ1) is 13.1. The molecule has 0 N–H and O–H groups in total. The summed E-state index contributed by atoms with van der Waals surface area (Å²) in [6, 6.07) is 0. The maximum absolute atomic E-state index is 2.59. The van der Waals surface area contributed by atoms with E-state index in [0.29, 0.717) is 10.8 Å². The molecule has 8 aliphatic rings. The molecular formula is C25H37N2+. The average Bonchev–Trinajstić information content (AvgIpc) is 2.97. The van der Waals surface area contributed by atoms with Crippen molar-refractivity contribution in [2.45, 2.75) is 90.1 Å². The SMILES string of the molecule is c1c[n+](CC23CC4CC(CC(C4)C2)C3)cn1CC12CC3CC(CC(C3)C1)C2. The molecule has 1 aromatic heterocycles. The molecule has 8 bridgehead atoms. The highest BCUT2D eigenvalue weighted by Crippen LogP contribution is 2.61. The monoisotopic (exact) mass is 365 g/mol. The van der Waals surface area contributed by atoms with Gasteiger partial charge >= 0.3 is 0 Å². The molecule has 2 heteroatoms. The first-order valence-electron chi connectivity index (χ1n) is 12.2. The van der Waals surface area contributed by atoms with E-state index in [4.69, 9.17) is 0 Å². The Morgan fingerprint density at radius 1 is 0.667 bits per heavy atom. The van der Waals surface area contributed by atoms with E-state index in [1.54, 1.807) is 38.5 Å². The Morgan fingerprint density at radius 2 is 1.11 bits per heavy atom. The lowest BCUT2D eigenvalue weighted by atomic mass is 9.49. The summed E-state index contributed by atoms with van der Waals surface area (Å²) in [6.45, 7) is 2.62. The van der Waals surface area contributed by atoms with E-state index in [1.165, 1.54) is 51.6 Å². The van der Waals surface area contributed by atoms with Crippen molar-refractivity contribution in [2.24, 2.45) is 46.3 Å². The van der Waals surface area contributed by atoms with Crippen LogP contribution < -0.4 is 4.57 Å². The van der Waals surface area contributed by atoms with Gasteiger partial charge in [-0.3, -0.25) is 0 Å². The maximum Gasteiger partial charge on any atom is 0.243 e. The van der Waals surface area contributed by atoms with Gasteiger partial charge in [-0.15, -0.1) is 0 Å². The van der Waals surface area contributed by atoms with Crippen LogP contribution >= 0.6 is 0 Å². The lowest BCUT2D eigenvalue weighted by molar-refractivity contribution is -0.712. The molecule has 1 aromatic rings. The van der Waals surface area contributed by atoms with Gasteiger partial charge in [0.05, 0.1) is 13.1 Å². The van der Waals surface area contributed by atoms with E-state index in [9.17, 15) is 0 Å². The topological polar surface area (TPSA) is 8.81 Å². The third-order valence-corrected chi connectivity index (χ3v) is 10.1. The summed E-state index contributed by atoms with van der Waals surface area (Å²) in [5, 5.41) is 0. The van der Waals surface area contributed by atoms with Crippen LogP contribution in [0, 0.1) is 46.3 Å². The molecular weight excluding hydrogens is 328 g/mol. The fourth-order valence-corrected chi connectivity index (χ4v) is 10.4. The quantitative estimate of drug-likeness (QED) is 0.648. The minimum absolute atomic E-state index is 0.659. The van der Waals surface area contributed by atoms with Crippen molar-refractivity contribution in [1.82, 2.24) is 4.57 Å². The predicted octanol–water partition coefficient (Wildman–Crippen LogP) is 5.21. The normalized spacial score (nSPS) is 52.0. The highest BCUT2D eigenvalue weighted by molar-refractivity contribution is 5.02. The number of imidazole rings is 1. The van der Waals surface area contributed by atoms with Gasteiger partial charge in [-0.1, -0.05) is 0 Å². The fourth-order valence-electron chi connectivity index (χ4n) is 10.4. The number of aromatic nitrogens is 2. The number of hydrogen-bond acceptors (Lipinski definition) is 0. The summed E-state index contributed by atoms with van der Waals surface area (Å²) >= 11 is 0. The fraction of sp³-hybridized carbons (Fsp3) is 0.880. The molecule has 0 atom stereocenters. The Bertz CT molecular complexity index is 612. The molecule has 2 nitrogen and oxygen atoms in total. The molecule has 0 aliphatic heterocycles. The molecule has 27 heavy (non-hydrogen) atoms. The van der Waals surface area contributed by atoms with E-state index < -0.39 is 0 Å². The Labute approximate surface area is 164 Å². The van der Waals surface area contributed by atoms with Gasteiger partial charge < -0.3 is 0 Å². The van der Waals surface area contributed by atoms with Crippen LogP contribution in [0.2, 0.25) is 0 Å². The van der Waals surface area contributed by atoms with Gasteiger partial charge in [0.2, 0.25) is 6.33 Å². The van der Waals surface area contributed by atoms with Gasteiger partial charge in [-0.05, 0) is 113 Å². The molecule has 1 heterocycles. The van der Waals surface area contributed by atoms with Crippen molar-refractivity contribution in [3.63, 3.8) is 0 Å². The van der Waals surface area contributed by atoms with Gasteiger partial charge in [0.1, 0.15) is 12.4 Å². The Morgan fingerprint density at radius 3 is 1.59 bits per heavy atom. The highest BCUT2D eigenvalue weighted by atomic mass is 15.1. The lowest BCUT2D eigenvalue weighted by Gasteiger charge is -2.56. The molecule has 9 rings (SSSR count). The summed E-state index contributed by atoms with van der Waals surface area (Å²) in [5.74, 6) is 6.45. The standard InChI is InChI=1S/C25H37N2/c1-2-27(16-25-12-21-6-22(13-25)8-23(7-21)14-25)17-26(1)15-24-9-18-3-19(10-24)5-20(4-18)11-24/h1-2,17-23H,3-16H2/q+1. The molecule has 0 radical (unpaired) electrons. The maximum atomic E-state index is 2.59. The first-order valence-corrected chi connectivity index (χ1v) is 12.2. The van der Waals surface area contributed by atoms with Gasteiger partial charge in [-0.2, -0.15) is 0 Å². The Kier molecular flexibility index (Phi) is 3.22. The number of nitrogens with zero attached hydrogens (tertiary/aromatic N) is 2. The largest absolute Gasteiger partial charge is 0.243 e. The van der Waals surface area contributed by atoms with Crippen LogP contribution in [0.25, 0.3) is 0 Å². The zero-order valence-electron chi connectivity index (χ0n) is 17.0. The van der Waals surface area contributed by atoms with Gasteiger partial charge in [0, 0.05) is 10.8 Å². The lowest BCUT2D eigenvalue weighted by Crippen LogP contribution is -2.53. The molecule has 0 amide bonds. The van der Waals surface area contributed by atoms with Crippen molar-refractivity contribution in [2.75, 3.05) is 0 Å². The zero-order valence-corrected chi connectivity index (χ0v) is 17.0. The Hall–Kier alpha value is -0.790. The third-order valence-electron chi connectivity index (χ3n) is 10.1. The van der Waals surface area contributed by atoms with Crippen molar-refractivity contribution in [1.29, 1.82) is 0 Å². The summed E-state index contributed by atoms with van der Waals surface area (Å²) < 4.78 is 5.18. The molecule has 0 unspecified atom stereocenters. The number of hydrogen-bond donors (Lipinski definition) is 0. The summed E-state index contributed by atoms with van der Waals surface area (Å²) in [4.78, 5) is 0. The molecule has 0 spiro atoms. The van der Waals surface area contributed by atoms with E-state index in [1.807, 2.05) is 0 Å². The first kappa shape index (κ1) is 16.1.